The van der Waals surface area contributed by atoms with Gasteiger partial charge in [-0.05, 0) is 50.9 Å². The molecule has 0 aromatic carbocycles. The molecular weight excluding hydrogens is 172 g/mol. The quantitative estimate of drug-likeness (QED) is 0.708. The molecule has 1 fully saturated rings. The van der Waals surface area contributed by atoms with Gasteiger partial charge in [-0.2, -0.15) is 0 Å². The average molecular weight is 190 g/mol. The summed E-state index contributed by atoms with van der Waals surface area (Å²) in [5, 5.41) is 0. The van der Waals surface area contributed by atoms with E-state index in [4.69, 9.17) is 0 Å². The van der Waals surface area contributed by atoms with E-state index in [9.17, 15) is 0 Å². The Kier molecular flexibility index (Phi) is 2.82. The van der Waals surface area contributed by atoms with E-state index >= 15 is 0 Å². The van der Waals surface area contributed by atoms with Crippen molar-refractivity contribution in [2.45, 2.75) is 19.8 Å². The first kappa shape index (κ1) is 9.66. The smallest absolute Gasteiger partial charge is 0.0407 e. The summed E-state index contributed by atoms with van der Waals surface area (Å²) in [7, 11) is 2.20. The first-order valence-corrected chi connectivity index (χ1v) is 5.34. The van der Waals surface area contributed by atoms with Crippen LogP contribution in [0.25, 0.3) is 0 Å². The van der Waals surface area contributed by atoms with E-state index in [2.05, 4.69) is 36.0 Å². The average Bonchev–Trinajstić information content (AvgIpc) is 2.56. The number of aromatic nitrogens is 1. The van der Waals surface area contributed by atoms with Crippen molar-refractivity contribution >= 4 is 0 Å². The minimum absolute atomic E-state index is 0.815. The highest BCUT2D eigenvalue weighted by Gasteiger charge is 2.19. The number of aryl methyl sites for hydroxylation is 1. The van der Waals surface area contributed by atoms with Crippen LogP contribution >= 0.6 is 0 Å². The third-order valence-electron chi connectivity index (χ3n) is 2.96. The van der Waals surface area contributed by atoms with Crippen LogP contribution < -0.4 is 0 Å². The topological polar surface area (TPSA) is 16.1 Å². The summed E-state index contributed by atoms with van der Waals surface area (Å²) in [6.07, 6.45) is 4.44. The minimum atomic E-state index is 0.815. The van der Waals surface area contributed by atoms with E-state index < -0.39 is 0 Å². The van der Waals surface area contributed by atoms with Crippen molar-refractivity contribution in [3.05, 3.63) is 29.6 Å². The Morgan fingerprint density at radius 1 is 1.50 bits per heavy atom. The maximum absolute atomic E-state index is 4.45. The third kappa shape index (κ3) is 2.32. The van der Waals surface area contributed by atoms with E-state index in [0.717, 1.165) is 12.3 Å². The van der Waals surface area contributed by atoms with Crippen molar-refractivity contribution in [2.75, 3.05) is 20.1 Å². The van der Waals surface area contributed by atoms with Gasteiger partial charge < -0.3 is 4.90 Å². The van der Waals surface area contributed by atoms with E-state index in [1.54, 1.807) is 0 Å². The molecule has 0 spiro atoms. The molecule has 2 heterocycles. The van der Waals surface area contributed by atoms with Crippen LogP contribution in [0.2, 0.25) is 0 Å². The highest BCUT2D eigenvalue weighted by molar-refractivity contribution is 5.12. The predicted octanol–water partition coefficient (Wildman–Crippen LogP) is 1.88. The van der Waals surface area contributed by atoms with Gasteiger partial charge in [0.1, 0.15) is 0 Å². The molecule has 0 N–H and O–H groups in total. The number of pyridine rings is 1. The number of rotatable bonds is 2. The lowest BCUT2D eigenvalue weighted by Gasteiger charge is -2.09. The molecule has 14 heavy (non-hydrogen) atoms. The molecule has 0 saturated carbocycles. The molecule has 2 heteroatoms. The molecule has 1 aromatic rings. The van der Waals surface area contributed by atoms with Gasteiger partial charge in [0.25, 0.3) is 0 Å². The minimum Gasteiger partial charge on any atom is -0.306 e. The fraction of sp³-hybridized carbons (Fsp3) is 0.583. The van der Waals surface area contributed by atoms with Crippen molar-refractivity contribution < 1.29 is 0 Å². The Morgan fingerprint density at radius 3 is 2.93 bits per heavy atom. The van der Waals surface area contributed by atoms with Crippen LogP contribution in [0.3, 0.4) is 0 Å². The SMILES string of the molecule is Cc1ccc(CC2CCN(C)C2)nc1. The Bertz CT molecular complexity index is 292. The third-order valence-corrected chi connectivity index (χ3v) is 2.96. The Labute approximate surface area is 86.0 Å². The highest BCUT2D eigenvalue weighted by Crippen LogP contribution is 2.18. The van der Waals surface area contributed by atoms with Gasteiger partial charge in [0.2, 0.25) is 0 Å². The highest BCUT2D eigenvalue weighted by atomic mass is 15.1. The van der Waals surface area contributed by atoms with Crippen molar-refractivity contribution in [3.63, 3.8) is 0 Å². The van der Waals surface area contributed by atoms with Crippen LogP contribution in [0.15, 0.2) is 18.3 Å². The molecule has 2 nitrogen and oxygen atoms in total. The lowest BCUT2D eigenvalue weighted by molar-refractivity contribution is 0.393. The van der Waals surface area contributed by atoms with Gasteiger partial charge >= 0.3 is 0 Å². The monoisotopic (exact) mass is 190 g/mol. The fourth-order valence-corrected chi connectivity index (χ4v) is 2.11. The zero-order chi connectivity index (χ0) is 9.97. The van der Waals surface area contributed by atoms with Gasteiger partial charge in [-0.25, -0.2) is 0 Å². The van der Waals surface area contributed by atoms with Gasteiger partial charge in [-0.1, -0.05) is 6.07 Å². The second-order valence-corrected chi connectivity index (χ2v) is 4.45. The van der Waals surface area contributed by atoms with Crippen LogP contribution in [0, 0.1) is 12.8 Å². The van der Waals surface area contributed by atoms with Crippen LogP contribution in [0.4, 0.5) is 0 Å². The molecule has 1 aliphatic heterocycles. The summed E-state index contributed by atoms with van der Waals surface area (Å²) >= 11 is 0. The first-order valence-electron chi connectivity index (χ1n) is 5.34. The summed E-state index contributed by atoms with van der Waals surface area (Å²) in [5.41, 5.74) is 2.49. The zero-order valence-corrected chi connectivity index (χ0v) is 9.03. The number of likely N-dealkylation sites (tertiary alicyclic amines) is 1. The number of hydrogen-bond donors (Lipinski definition) is 0. The summed E-state index contributed by atoms with van der Waals surface area (Å²) < 4.78 is 0. The van der Waals surface area contributed by atoms with E-state index in [-0.39, 0.29) is 0 Å². The van der Waals surface area contributed by atoms with E-state index in [1.165, 1.54) is 30.8 Å². The summed E-state index contributed by atoms with van der Waals surface area (Å²) in [5.74, 6) is 0.815. The van der Waals surface area contributed by atoms with Gasteiger partial charge in [0, 0.05) is 18.4 Å². The van der Waals surface area contributed by atoms with Crippen LogP contribution in [-0.2, 0) is 6.42 Å². The maximum Gasteiger partial charge on any atom is 0.0407 e. The molecule has 0 bridgehead atoms. The Morgan fingerprint density at radius 2 is 2.36 bits per heavy atom. The van der Waals surface area contributed by atoms with E-state index in [1.807, 2.05) is 6.20 Å². The molecule has 1 saturated heterocycles. The molecule has 1 atom stereocenters. The molecule has 0 radical (unpaired) electrons. The van der Waals surface area contributed by atoms with Gasteiger partial charge in [-0.15, -0.1) is 0 Å². The zero-order valence-electron chi connectivity index (χ0n) is 9.03. The van der Waals surface area contributed by atoms with Crippen molar-refractivity contribution in [2.24, 2.45) is 5.92 Å². The Balaban J connectivity index is 1.94. The molecule has 2 rings (SSSR count). The summed E-state index contributed by atoms with van der Waals surface area (Å²) in [6, 6.07) is 4.31. The fourth-order valence-electron chi connectivity index (χ4n) is 2.11. The number of hydrogen-bond acceptors (Lipinski definition) is 2. The van der Waals surface area contributed by atoms with Gasteiger partial charge in [-0.3, -0.25) is 4.98 Å². The molecule has 1 unspecified atom stereocenters. The lowest BCUT2D eigenvalue weighted by Crippen LogP contribution is -2.15. The largest absolute Gasteiger partial charge is 0.306 e. The van der Waals surface area contributed by atoms with Crippen molar-refractivity contribution in [3.8, 4) is 0 Å². The molecule has 1 aliphatic rings. The molecule has 76 valence electrons. The summed E-state index contributed by atoms with van der Waals surface area (Å²) in [4.78, 5) is 6.85. The summed E-state index contributed by atoms with van der Waals surface area (Å²) in [6.45, 7) is 4.56. The van der Waals surface area contributed by atoms with Crippen molar-refractivity contribution in [1.29, 1.82) is 0 Å². The van der Waals surface area contributed by atoms with E-state index in [0.29, 0.717) is 0 Å². The standard InChI is InChI=1S/C12H18N2/c1-10-3-4-12(13-8-10)7-11-5-6-14(2)9-11/h3-4,8,11H,5-7,9H2,1-2H3. The normalized spacial score (nSPS) is 22.9. The Hall–Kier alpha value is -0.890. The van der Waals surface area contributed by atoms with Crippen molar-refractivity contribution in [1.82, 2.24) is 9.88 Å². The second-order valence-electron chi connectivity index (χ2n) is 4.45. The second kappa shape index (κ2) is 4.09. The predicted molar refractivity (Wildman–Crippen MR) is 58.3 cm³/mol. The maximum atomic E-state index is 4.45. The number of nitrogens with zero attached hydrogens (tertiary/aromatic N) is 2. The molecule has 1 aromatic heterocycles. The van der Waals surface area contributed by atoms with Crippen LogP contribution in [0.5, 0.6) is 0 Å². The van der Waals surface area contributed by atoms with Crippen LogP contribution in [-0.4, -0.2) is 30.0 Å². The van der Waals surface area contributed by atoms with Gasteiger partial charge in [0.05, 0.1) is 0 Å². The molecular formula is C12H18N2. The molecule has 0 aliphatic carbocycles. The van der Waals surface area contributed by atoms with Crippen LogP contribution in [0.1, 0.15) is 17.7 Å². The lowest BCUT2D eigenvalue weighted by atomic mass is 10.0. The molecule has 0 amide bonds. The van der Waals surface area contributed by atoms with Gasteiger partial charge in [0.15, 0.2) is 0 Å². The first-order chi connectivity index (χ1) is 6.74.